The number of amides is 2. The number of hydrogen-bond donors (Lipinski definition) is 1. The summed E-state index contributed by atoms with van der Waals surface area (Å²) >= 11 is 1.45. The van der Waals surface area contributed by atoms with Gasteiger partial charge in [-0.15, -0.1) is 11.3 Å². The molecule has 2 heterocycles. The summed E-state index contributed by atoms with van der Waals surface area (Å²) in [6.45, 7) is 0.436. The van der Waals surface area contributed by atoms with Crippen LogP contribution in [0.4, 0.5) is 10.7 Å². The first-order valence-corrected chi connectivity index (χ1v) is 7.36. The molecular weight excluding hydrogens is 288 g/mol. The topological polar surface area (TPSA) is 58.6 Å². The Balaban J connectivity index is 1.89. The van der Waals surface area contributed by atoms with Crippen molar-refractivity contribution in [3.63, 3.8) is 0 Å². The molecule has 3 rings (SSSR count). The maximum atomic E-state index is 12.3. The quantitative estimate of drug-likeness (QED) is 0.887. The number of benzene rings is 1. The van der Waals surface area contributed by atoms with E-state index in [1.165, 1.54) is 11.3 Å². The Hall–Kier alpha value is -2.34. The zero-order valence-corrected chi connectivity index (χ0v) is 12.3. The summed E-state index contributed by atoms with van der Waals surface area (Å²) in [5.41, 5.74) is 1.68. The third-order valence-corrected chi connectivity index (χ3v) is 4.21. The van der Waals surface area contributed by atoms with Crippen LogP contribution < -0.4 is 15.0 Å². The number of nitrogens with zero attached hydrogens (tertiary/aromatic N) is 1. The Morgan fingerprint density at radius 1 is 1.24 bits per heavy atom. The standard InChI is InChI=1S/C15H14N2O3S/c1-20-11-4-2-10(3-5-11)9-17-14(19)8-13(18)16-12-6-7-21-15(12)17/h2-7H,8-9H2,1H3,(H,16,18). The van der Waals surface area contributed by atoms with Crippen LogP contribution in [0, 0.1) is 0 Å². The van der Waals surface area contributed by atoms with Gasteiger partial charge in [0, 0.05) is 0 Å². The molecule has 2 amide bonds. The number of carbonyl (C=O) groups is 2. The van der Waals surface area contributed by atoms with Gasteiger partial charge in [-0.1, -0.05) is 12.1 Å². The van der Waals surface area contributed by atoms with Gasteiger partial charge in [0.2, 0.25) is 11.8 Å². The largest absolute Gasteiger partial charge is 0.497 e. The van der Waals surface area contributed by atoms with Crippen molar-refractivity contribution in [1.29, 1.82) is 0 Å². The minimum atomic E-state index is -0.267. The van der Waals surface area contributed by atoms with Gasteiger partial charge in [-0.05, 0) is 29.1 Å². The van der Waals surface area contributed by atoms with Gasteiger partial charge in [-0.25, -0.2) is 0 Å². The molecule has 0 saturated heterocycles. The predicted molar refractivity (Wildman–Crippen MR) is 81.7 cm³/mol. The van der Waals surface area contributed by atoms with E-state index in [9.17, 15) is 9.59 Å². The summed E-state index contributed by atoms with van der Waals surface area (Å²) in [7, 11) is 1.61. The molecule has 0 radical (unpaired) electrons. The van der Waals surface area contributed by atoms with E-state index in [1.807, 2.05) is 35.7 Å². The van der Waals surface area contributed by atoms with Gasteiger partial charge in [0.25, 0.3) is 0 Å². The normalized spacial score (nSPS) is 14.4. The fourth-order valence-electron chi connectivity index (χ4n) is 2.22. The first kappa shape index (κ1) is 13.6. The Morgan fingerprint density at radius 2 is 2.00 bits per heavy atom. The summed E-state index contributed by atoms with van der Waals surface area (Å²) in [6, 6.07) is 9.36. The number of rotatable bonds is 3. The fourth-order valence-corrected chi connectivity index (χ4v) is 3.09. The molecular formula is C15H14N2O3S. The number of methoxy groups -OCH3 is 1. The average molecular weight is 302 g/mol. The molecule has 0 saturated carbocycles. The van der Waals surface area contributed by atoms with E-state index in [-0.39, 0.29) is 18.2 Å². The van der Waals surface area contributed by atoms with E-state index >= 15 is 0 Å². The maximum Gasteiger partial charge on any atom is 0.237 e. The molecule has 0 unspecified atom stereocenters. The molecule has 1 aromatic carbocycles. The Labute approximate surface area is 126 Å². The lowest BCUT2D eigenvalue weighted by Gasteiger charge is -2.20. The highest BCUT2D eigenvalue weighted by Crippen LogP contribution is 2.36. The zero-order valence-electron chi connectivity index (χ0n) is 11.5. The second-order valence-electron chi connectivity index (χ2n) is 4.69. The van der Waals surface area contributed by atoms with Crippen molar-refractivity contribution in [2.75, 3.05) is 17.3 Å². The smallest absolute Gasteiger partial charge is 0.237 e. The van der Waals surface area contributed by atoms with Crippen molar-refractivity contribution in [1.82, 2.24) is 0 Å². The highest BCUT2D eigenvalue weighted by atomic mass is 32.1. The van der Waals surface area contributed by atoms with Gasteiger partial charge in [-0.2, -0.15) is 0 Å². The van der Waals surface area contributed by atoms with Crippen molar-refractivity contribution < 1.29 is 14.3 Å². The van der Waals surface area contributed by atoms with Crippen molar-refractivity contribution in [3.8, 4) is 5.75 Å². The van der Waals surface area contributed by atoms with E-state index in [0.717, 1.165) is 16.3 Å². The predicted octanol–water partition coefficient (Wildman–Crippen LogP) is 2.63. The Kier molecular flexibility index (Phi) is 3.62. The van der Waals surface area contributed by atoms with Gasteiger partial charge in [0.1, 0.15) is 17.2 Å². The van der Waals surface area contributed by atoms with Gasteiger partial charge < -0.3 is 10.1 Å². The molecule has 0 spiro atoms. The summed E-state index contributed by atoms with van der Waals surface area (Å²) in [6.07, 6.45) is -0.127. The zero-order chi connectivity index (χ0) is 14.8. The molecule has 0 fully saturated rings. The molecule has 1 aliphatic rings. The van der Waals surface area contributed by atoms with Crippen LogP contribution in [0.1, 0.15) is 12.0 Å². The number of hydrogen-bond acceptors (Lipinski definition) is 4. The number of thiophene rings is 1. The van der Waals surface area contributed by atoms with Crippen LogP contribution in [-0.2, 0) is 16.1 Å². The van der Waals surface area contributed by atoms with Gasteiger partial charge in [0.15, 0.2) is 0 Å². The number of fused-ring (bicyclic) bond motifs is 1. The summed E-state index contributed by atoms with van der Waals surface area (Å²) < 4.78 is 5.13. The Morgan fingerprint density at radius 3 is 2.71 bits per heavy atom. The second-order valence-corrected chi connectivity index (χ2v) is 5.59. The Bertz CT molecular complexity index is 678. The number of nitrogens with one attached hydrogen (secondary N) is 1. The van der Waals surface area contributed by atoms with Gasteiger partial charge in [0.05, 0.1) is 19.3 Å². The first-order valence-electron chi connectivity index (χ1n) is 6.48. The van der Waals surface area contributed by atoms with Crippen LogP contribution in [0.5, 0.6) is 5.75 Å². The SMILES string of the molecule is COc1ccc(CN2C(=O)CC(=O)Nc3ccsc32)cc1. The van der Waals surface area contributed by atoms with Crippen LogP contribution in [0.3, 0.4) is 0 Å². The monoisotopic (exact) mass is 302 g/mol. The second kappa shape index (κ2) is 5.57. The molecule has 5 nitrogen and oxygen atoms in total. The molecule has 0 bridgehead atoms. The number of anilines is 2. The van der Waals surface area contributed by atoms with E-state index in [4.69, 9.17) is 4.74 Å². The molecule has 6 heteroatoms. The minimum absolute atomic E-state index is 0.127. The third-order valence-electron chi connectivity index (χ3n) is 3.28. The lowest BCUT2D eigenvalue weighted by Crippen LogP contribution is -2.30. The molecule has 108 valence electrons. The molecule has 1 N–H and O–H groups in total. The molecule has 2 aromatic rings. The van der Waals surface area contributed by atoms with E-state index in [1.54, 1.807) is 12.0 Å². The lowest BCUT2D eigenvalue weighted by molar-refractivity contribution is -0.125. The lowest BCUT2D eigenvalue weighted by atomic mass is 10.2. The van der Waals surface area contributed by atoms with Crippen LogP contribution in [0.15, 0.2) is 35.7 Å². The summed E-state index contributed by atoms with van der Waals surface area (Å²) in [4.78, 5) is 25.6. The maximum absolute atomic E-state index is 12.3. The van der Waals surface area contributed by atoms with Crippen molar-refractivity contribution in [3.05, 3.63) is 41.3 Å². The van der Waals surface area contributed by atoms with Gasteiger partial charge >= 0.3 is 0 Å². The molecule has 1 aliphatic heterocycles. The molecule has 0 aliphatic carbocycles. The van der Waals surface area contributed by atoms with Crippen LogP contribution in [0.25, 0.3) is 0 Å². The van der Waals surface area contributed by atoms with Crippen molar-refractivity contribution in [2.45, 2.75) is 13.0 Å². The average Bonchev–Trinajstić information content (AvgIpc) is 2.88. The highest BCUT2D eigenvalue weighted by Gasteiger charge is 2.27. The van der Waals surface area contributed by atoms with E-state index < -0.39 is 0 Å². The summed E-state index contributed by atoms with van der Waals surface area (Å²) in [5.74, 6) is 0.316. The fraction of sp³-hybridized carbons (Fsp3) is 0.200. The molecule has 1 aromatic heterocycles. The van der Waals surface area contributed by atoms with Crippen LogP contribution in [-0.4, -0.2) is 18.9 Å². The van der Waals surface area contributed by atoms with Crippen molar-refractivity contribution in [2.24, 2.45) is 0 Å². The highest BCUT2D eigenvalue weighted by molar-refractivity contribution is 7.15. The number of carbonyl (C=O) groups excluding carboxylic acids is 2. The van der Waals surface area contributed by atoms with Crippen LogP contribution in [0.2, 0.25) is 0 Å². The third kappa shape index (κ3) is 2.75. The summed E-state index contributed by atoms with van der Waals surface area (Å²) in [5, 5.41) is 5.40. The number of ether oxygens (including phenoxy) is 1. The van der Waals surface area contributed by atoms with E-state index in [0.29, 0.717) is 12.2 Å². The van der Waals surface area contributed by atoms with Crippen LogP contribution >= 0.6 is 11.3 Å². The van der Waals surface area contributed by atoms with E-state index in [2.05, 4.69) is 5.32 Å². The first-order chi connectivity index (χ1) is 10.2. The van der Waals surface area contributed by atoms with Gasteiger partial charge in [-0.3, -0.25) is 14.5 Å². The minimum Gasteiger partial charge on any atom is -0.497 e. The molecule has 21 heavy (non-hydrogen) atoms. The van der Waals surface area contributed by atoms with Crippen molar-refractivity contribution >= 4 is 33.8 Å². The molecule has 0 atom stereocenters.